The molecule has 0 spiro atoms. The van der Waals surface area contributed by atoms with Gasteiger partial charge in [0.1, 0.15) is 0 Å². The molecule has 1 aromatic rings. The molecule has 0 radical (unpaired) electrons. The normalized spacial score (nSPS) is 15.8. The van der Waals surface area contributed by atoms with Crippen molar-refractivity contribution < 1.29 is 9.59 Å². The molecule has 18 heavy (non-hydrogen) atoms. The Bertz CT molecular complexity index is 502. The molecule has 1 fully saturated rings. The van der Waals surface area contributed by atoms with Crippen LogP contribution in [0.3, 0.4) is 0 Å². The second-order valence-corrected chi connectivity index (χ2v) is 4.17. The van der Waals surface area contributed by atoms with Gasteiger partial charge in [0.25, 0.3) is 0 Å². The number of Topliss-reactive ketones (excluding diaryl/α,β-unsaturated/α-hetero) is 1. The van der Waals surface area contributed by atoms with Gasteiger partial charge in [0.05, 0.1) is 24.7 Å². The highest BCUT2D eigenvalue weighted by atomic mass is 16.2. The zero-order chi connectivity index (χ0) is 13.0. The molecule has 1 heterocycles. The Morgan fingerprint density at radius 3 is 2.72 bits per heavy atom. The first kappa shape index (κ1) is 12.3. The van der Waals surface area contributed by atoms with Crippen molar-refractivity contribution in [3.8, 4) is 6.07 Å². The standard InChI is InChI=1S/C13H13N3O2/c14-7-10-1-3-11(4-2-10)12(17)8-16-6-5-15-13(18)9-16/h1-4H,5-6,8-9H2,(H,15,18). The molecular weight excluding hydrogens is 230 g/mol. The number of carbonyl (C=O) groups excluding carboxylic acids is 2. The van der Waals surface area contributed by atoms with Crippen molar-refractivity contribution in [3.63, 3.8) is 0 Å². The third-order valence-corrected chi connectivity index (χ3v) is 2.82. The van der Waals surface area contributed by atoms with Crippen molar-refractivity contribution in [2.45, 2.75) is 0 Å². The van der Waals surface area contributed by atoms with Crippen molar-refractivity contribution in [3.05, 3.63) is 35.4 Å². The van der Waals surface area contributed by atoms with Crippen LogP contribution in [0, 0.1) is 11.3 Å². The summed E-state index contributed by atoms with van der Waals surface area (Å²) in [6.45, 7) is 1.77. The molecule has 0 aromatic heterocycles. The van der Waals surface area contributed by atoms with Crippen molar-refractivity contribution >= 4 is 11.7 Å². The molecule has 1 saturated heterocycles. The molecule has 5 heteroatoms. The Morgan fingerprint density at radius 1 is 1.39 bits per heavy atom. The number of piperazine rings is 1. The lowest BCUT2D eigenvalue weighted by atomic mass is 10.1. The van der Waals surface area contributed by atoms with E-state index >= 15 is 0 Å². The number of carbonyl (C=O) groups is 2. The van der Waals surface area contributed by atoms with Crippen LogP contribution in [0.2, 0.25) is 0 Å². The molecule has 1 amide bonds. The molecule has 1 N–H and O–H groups in total. The molecule has 92 valence electrons. The second-order valence-electron chi connectivity index (χ2n) is 4.17. The van der Waals surface area contributed by atoms with Crippen LogP contribution >= 0.6 is 0 Å². The summed E-state index contributed by atoms with van der Waals surface area (Å²) in [6.07, 6.45) is 0. The molecule has 5 nitrogen and oxygen atoms in total. The van der Waals surface area contributed by atoms with Gasteiger partial charge in [-0.25, -0.2) is 0 Å². The lowest BCUT2D eigenvalue weighted by Crippen LogP contribution is -2.49. The van der Waals surface area contributed by atoms with Crippen LogP contribution in [-0.4, -0.2) is 42.8 Å². The summed E-state index contributed by atoms with van der Waals surface area (Å²) in [6, 6.07) is 8.54. The lowest BCUT2D eigenvalue weighted by molar-refractivity contribution is -0.123. The Kier molecular flexibility index (Phi) is 3.70. The summed E-state index contributed by atoms with van der Waals surface area (Å²) in [7, 11) is 0. The highest BCUT2D eigenvalue weighted by Gasteiger charge is 2.19. The zero-order valence-electron chi connectivity index (χ0n) is 9.85. The fourth-order valence-corrected chi connectivity index (χ4v) is 1.85. The number of nitrogens with zero attached hydrogens (tertiary/aromatic N) is 2. The molecule has 0 bridgehead atoms. The largest absolute Gasteiger partial charge is 0.354 e. The number of hydrogen-bond acceptors (Lipinski definition) is 4. The quantitative estimate of drug-likeness (QED) is 0.768. The molecule has 0 saturated carbocycles. The third-order valence-electron chi connectivity index (χ3n) is 2.82. The van der Waals surface area contributed by atoms with E-state index in [9.17, 15) is 9.59 Å². The SMILES string of the molecule is N#Cc1ccc(C(=O)CN2CCNC(=O)C2)cc1. The van der Waals surface area contributed by atoms with Gasteiger partial charge >= 0.3 is 0 Å². The molecule has 0 unspecified atom stereocenters. The number of ketones is 1. The van der Waals surface area contributed by atoms with Gasteiger partial charge in [0.15, 0.2) is 5.78 Å². The van der Waals surface area contributed by atoms with E-state index in [1.54, 1.807) is 24.3 Å². The summed E-state index contributed by atoms with van der Waals surface area (Å²) >= 11 is 0. The molecule has 0 aliphatic carbocycles. The maximum atomic E-state index is 12.0. The summed E-state index contributed by atoms with van der Waals surface area (Å²) in [5.74, 6) is -0.0805. The number of nitriles is 1. The maximum absolute atomic E-state index is 12.0. The molecular formula is C13H13N3O2. The van der Waals surface area contributed by atoms with Crippen molar-refractivity contribution in [1.29, 1.82) is 5.26 Å². The van der Waals surface area contributed by atoms with Gasteiger partial charge in [-0.1, -0.05) is 12.1 Å². The topological polar surface area (TPSA) is 73.2 Å². The number of nitrogens with one attached hydrogen (secondary N) is 1. The minimum Gasteiger partial charge on any atom is -0.354 e. The first-order valence-corrected chi connectivity index (χ1v) is 5.71. The first-order chi connectivity index (χ1) is 8.69. The van der Waals surface area contributed by atoms with Gasteiger partial charge in [0.2, 0.25) is 5.91 Å². The van der Waals surface area contributed by atoms with E-state index in [0.717, 1.165) is 0 Å². The Labute approximate surface area is 105 Å². The van der Waals surface area contributed by atoms with Gasteiger partial charge in [0, 0.05) is 18.7 Å². The molecule has 2 rings (SSSR count). The minimum absolute atomic E-state index is 0.0332. The summed E-state index contributed by atoms with van der Waals surface area (Å²) in [5.41, 5.74) is 1.10. The van der Waals surface area contributed by atoms with Gasteiger partial charge in [-0.15, -0.1) is 0 Å². The van der Waals surface area contributed by atoms with E-state index in [0.29, 0.717) is 24.2 Å². The predicted octanol–water partition coefficient (Wildman–Crippen LogP) is 0.173. The summed E-state index contributed by atoms with van der Waals surface area (Å²) in [4.78, 5) is 25.0. The van der Waals surface area contributed by atoms with Crippen LogP contribution < -0.4 is 5.32 Å². The molecule has 1 aromatic carbocycles. The number of hydrogen-bond donors (Lipinski definition) is 1. The van der Waals surface area contributed by atoms with Crippen LogP contribution in [0.5, 0.6) is 0 Å². The van der Waals surface area contributed by atoms with E-state index in [-0.39, 0.29) is 24.8 Å². The monoisotopic (exact) mass is 243 g/mol. The Balaban J connectivity index is 1.98. The van der Waals surface area contributed by atoms with Gasteiger partial charge in [-0.2, -0.15) is 5.26 Å². The fourth-order valence-electron chi connectivity index (χ4n) is 1.85. The lowest BCUT2D eigenvalue weighted by Gasteiger charge is -2.25. The smallest absolute Gasteiger partial charge is 0.234 e. The summed E-state index contributed by atoms with van der Waals surface area (Å²) < 4.78 is 0. The van der Waals surface area contributed by atoms with Crippen LogP contribution in [0.15, 0.2) is 24.3 Å². The average molecular weight is 243 g/mol. The predicted molar refractivity (Wildman–Crippen MR) is 64.9 cm³/mol. The van der Waals surface area contributed by atoms with Crippen molar-refractivity contribution in [2.24, 2.45) is 0 Å². The van der Waals surface area contributed by atoms with E-state index in [1.807, 2.05) is 11.0 Å². The maximum Gasteiger partial charge on any atom is 0.234 e. The molecule has 0 atom stereocenters. The first-order valence-electron chi connectivity index (χ1n) is 5.71. The molecule has 1 aliphatic heterocycles. The van der Waals surface area contributed by atoms with Crippen molar-refractivity contribution in [1.82, 2.24) is 10.2 Å². The van der Waals surface area contributed by atoms with Crippen molar-refractivity contribution in [2.75, 3.05) is 26.2 Å². The van der Waals surface area contributed by atoms with Crippen LogP contribution in [0.1, 0.15) is 15.9 Å². The number of amides is 1. The zero-order valence-corrected chi connectivity index (χ0v) is 9.85. The van der Waals surface area contributed by atoms with E-state index in [4.69, 9.17) is 5.26 Å². The Hall–Kier alpha value is -2.19. The third kappa shape index (κ3) is 2.93. The van der Waals surface area contributed by atoms with E-state index < -0.39 is 0 Å². The second kappa shape index (κ2) is 5.43. The van der Waals surface area contributed by atoms with Crippen LogP contribution in [-0.2, 0) is 4.79 Å². The fraction of sp³-hybridized carbons (Fsp3) is 0.308. The Morgan fingerprint density at radius 2 is 2.11 bits per heavy atom. The van der Waals surface area contributed by atoms with E-state index in [2.05, 4.69) is 5.32 Å². The van der Waals surface area contributed by atoms with Gasteiger partial charge in [-0.3, -0.25) is 14.5 Å². The number of benzene rings is 1. The molecule has 1 aliphatic rings. The highest BCUT2D eigenvalue weighted by molar-refractivity contribution is 5.98. The number of rotatable bonds is 3. The average Bonchev–Trinajstić information content (AvgIpc) is 2.39. The summed E-state index contributed by atoms with van der Waals surface area (Å²) in [5, 5.41) is 11.4. The van der Waals surface area contributed by atoms with Crippen LogP contribution in [0.25, 0.3) is 0 Å². The highest BCUT2D eigenvalue weighted by Crippen LogP contribution is 2.06. The minimum atomic E-state index is -0.0473. The van der Waals surface area contributed by atoms with Gasteiger partial charge < -0.3 is 5.32 Å². The van der Waals surface area contributed by atoms with Crippen LogP contribution in [0.4, 0.5) is 0 Å². The van der Waals surface area contributed by atoms with E-state index in [1.165, 1.54) is 0 Å². The van der Waals surface area contributed by atoms with Gasteiger partial charge in [-0.05, 0) is 12.1 Å².